The highest BCUT2D eigenvalue weighted by atomic mass is 16.3. The van der Waals surface area contributed by atoms with Crippen LogP contribution in [0.25, 0.3) is 10.9 Å². The van der Waals surface area contributed by atoms with Gasteiger partial charge >= 0.3 is 0 Å². The lowest BCUT2D eigenvalue weighted by Gasteiger charge is -2.25. The van der Waals surface area contributed by atoms with Crippen LogP contribution in [0.4, 0.5) is 0 Å². The first-order valence-electron chi connectivity index (χ1n) is 7.03. The topological polar surface area (TPSA) is 39.3 Å². The van der Waals surface area contributed by atoms with Crippen molar-refractivity contribution in [2.24, 2.45) is 5.92 Å². The zero-order valence-corrected chi connectivity index (χ0v) is 11.7. The van der Waals surface area contributed by atoms with Crippen molar-refractivity contribution in [3.63, 3.8) is 0 Å². The van der Waals surface area contributed by atoms with E-state index in [1.165, 1.54) is 16.5 Å². The maximum atomic E-state index is 10.1. The van der Waals surface area contributed by atoms with Crippen LogP contribution in [0.2, 0.25) is 0 Å². The standard InChI is InChI=1S/C16H22N2O/c1-16(2,19)14-6-8-18(11-14)10-12-3-4-15-13(9-12)5-7-17-15/h3-5,7,9,14,17,19H,6,8,10-11H2,1-2H3/t14-/m0/s1. The molecule has 2 heterocycles. The Hall–Kier alpha value is -1.32. The molecule has 1 aromatic heterocycles. The smallest absolute Gasteiger partial charge is 0.0632 e. The van der Waals surface area contributed by atoms with Gasteiger partial charge in [0.15, 0.2) is 0 Å². The molecule has 0 bridgehead atoms. The van der Waals surface area contributed by atoms with Crippen LogP contribution in [0.3, 0.4) is 0 Å². The summed E-state index contributed by atoms with van der Waals surface area (Å²) in [5.74, 6) is 0.392. The maximum absolute atomic E-state index is 10.1. The molecule has 0 unspecified atom stereocenters. The third kappa shape index (κ3) is 2.67. The largest absolute Gasteiger partial charge is 0.390 e. The summed E-state index contributed by atoms with van der Waals surface area (Å²) in [7, 11) is 0. The van der Waals surface area contributed by atoms with Gasteiger partial charge in [-0.3, -0.25) is 4.90 Å². The molecule has 3 rings (SSSR count). The van der Waals surface area contributed by atoms with Gasteiger partial charge in [0.05, 0.1) is 5.60 Å². The summed E-state index contributed by atoms with van der Waals surface area (Å²) < 4.78 is 0. The summed E-state index contributed by atoms with van der Waals surface area (Å²) in [4.78, 5) is 5.66. The highest BCUT2D eigenvalue weighted by Crippen LogP contribution is 2.28. The molecule has 2 aromatic rings. The van der Waals surface area contributed by atoms with Crippen LogP contribution in [-0.2, 0) is 6.54 Å². The summed E-state index contributed by atoms with van der Waals surface area (Å²) in [5, 5.41) is 11.4. The molecule has 1 saturated heterocycles. The molecular formula is C16H22N2O. The van der Waals surface area contributed by atoms with E-state index in [2.05, 4.69) is 34.1 Å². The molecule has 102 valence electrons. The summed E-state index contributed by atoms with van der Waals surface area (Å²) in [6, 6.07) is 8.70. The first kappa shape index (κ1) is 12.7. The molecule has 1 atom stereocenters. The number of H-pyrrole nitrogens is 1. The van der Waals surface area contributed by atoms with Crippen LogP contribution >= 0.6 is 0 Å². The minimum Gasteiger partial charge on any atom is -0.390 e. The van der Waals surface area contributed by atoms with E-state index < -0.39 is 5.60 Å². The summed E-state index contributed by atoms with van der Waals surface area (Å²) in [6.45, 7) is 6.91. The number of hydrogen-bond donors (Lipinski definition) is 2. The molecule has 1 aliphatic rings. The van der Waals surface area contributed by atoms with Crippen molar-refractivity contribution in [3.8, 4) is 0 Å². The molecule has 3 heteroatoms. The highest BCUT2D eigenvalue weighted by Gasteiger charge is 2.33. The number of fused-ring (bicyclic) bond motifs is 1. The number of aliphatic hydroxyl groups is 1. The van der Waals surface area contributed by atoms with Crippen molar-refractivity contribution in [2.75, 3.05) is 13.1 Å². The molecule has 3 nitrogen and oxygen atoms in total. The third-order valence-electron chi connectivity index (χ3n) is 4.30. The Morgan fingerprint density at radius 2 is 2.21 bits per heavy atom. The van der Waals surface area contributed by atoms with E-state index in [4.69, 9.17) is 0 Å². The van der Waals surface area contributed by atoms with Gasteiger partial charge in [-0.2, -0.15) is 0 Å². The van der Waals surface area contributed by atoms with Gasteiger partial charge in [0, 0.05) is 30.7 Å². The van der Waals surface area contributed by atoms with Gasteiger partial charge < -0.3 is 10.1 Å². The lowest BCUT2D eigenvalue weighted by molar-refractivity contribution is 0.0208. The third-order valence-corrected chi connectivity index (χ3v) is 4.30. The lowest BCUT2D eigenvalue weighted by Crippen LogP contribution is -2.33. The summed E-state index contributed by atoms with van der Waals surface area (Å²) in [6.07, 6.45) is 3.07. The highest BCUT2D eigenvalue weighted by molar-refractivity contribution is 5.79. The zero-order valence-electron chi connectivity index (χ0n) is 11.7. The normalized spacial score (nSPS) is 21.3. The van der Waals surface area contributed by atoms with E-state index in [1.54, 1.807) is 0 Å². The number of benzene rings is 1. The molecular weight excluding hydrogens is 236 g/mol. The van der Waals surface area contributed by atoms with Gasteiger partial charge in [-0.15, -0.1) is 0 Å². The molecule has 2 N–H and O–H groups in total. The van der Waals surface area contributed by atoms with Gasteiger partial charge in [-0.25, -0.2) is 0 Å². The quantitative estimate of drug-likeness (QED) is 0.888. The number of aromatic amines is 1. The van der Waals surface area contributed by atoms with E-state index in [0.717, 1.165) is 26.1 Å². The fraction of sp³-hybridized carbons (Fsp3) is 0.500. The van der Waals surface area contributed by atoms with E-state index in [1.807, 2.05) is 20.0 Å². The molecule has 19 heavy (non-hydrogen) atoms. The van der Waals surface area contributed by atoms with Crippen LogP contribution in [0.15, 0.2) is 30.5 Å². The molecule has 0 aliphatic carbocycles. The molecule has 0 spiro atoms. The first-order chi connectivity index (χ1) is 9.02. The molecule has 1 aromatic carbocycles. The predicted octanol–water partition coefficient (Wildman–Crippen LogP) is 2.76. The van der Waals surface area contributed by atoms with Gasteiger partial charge in [0.2, 0.25) is 0 Å². The second-order valence-electron chi connectivity index (χ2n) is 6.27. The monoisotopic (exact) mass is 258 g/mol. The second-order valence-corrected chi connectivity index (χ2v) is 6.27. The fourth-order valence-corrected chi connectivity index (χ4v) is 3.01. The maximum Gasteiger partial charge on any atom is 0.0632 e. The number of nitrogens with zero attached hydrogens (tertiary/aromatic N) is 1. The van der Waals surface area contributed by atoms with Crippen molar-refractivity contribution >= 4 is 10.9 Å². The summed E-state index contributed by atoms with van der Waals surface area (Å²) >= 11 is 0. The minimum absolute atomic E-state index is 0.392. The summed E-state index contributed by atoms with van der Waals surface area (Å²) in [5.41, 5.74) is 1.99. The van der Waals surface area contributed by atoms with Crippen molar-refractivity contribution in [3.05, 3.63) is 36.0 Å². The number of hydrogen-bond acceptors (Lipinski definition) is 2. The Bertz CT molecular complexity index is 567. The Morgan fingerprint density at radius 3 is 2.95 bits per heavy atom. The minimum atomic E-state index is -0.556. The van der Waals surface area contributed by atoms with Gasteiger partial charge in [-0.05, 0) is 56.0 Å². The molecule has 0 radical (unpaired) electrons. The predicted molar refractivity (Wildman–Crippen MR) is 78.0 cm³/mol. The van der Waals surface area contributed by atoms with Crippen molar-refractivity contribution in [1.29, 1.82) is 0 Å². The van der Waals surface area contributed by atoms with Crippen LogP contribution in [0.5, 0.6) is 0 Å². The van der Waals surface area contributed by atoms with Gasteiger partial charge in [-0.1, -0.05) is 6.07 Å². The first-order valence-corrected chi connectivity index (χ1v) is 7.03. The molecule has 1 aliphatic heterocycles. The van der Waals surface area contributed by atoms with E-state index in [9.17, 15) is 5.11 Å². The second kappa shape index (κ2) is 4.66. The van der Waals surface area contributed by atoms with E-state index in [-0.39, 0.29) is 0 Å². The SMILES string of the molecule is CC(C)(O)[C@H]1CCN(Cc2ccc3[nH]ccc3c2)C1. The van der Waals surface area contributed by atoms with E-state index >= 15 is 0 Å². The van der Waals surface area contributed by atoms with Gasteiger partial charge in [0.1, 0.15) is 0 Å². The van der Waals surface area contributed by atoms with Gasteiger partial charge in [0.25, 0.3) is 0 Å². The van der Waals surface area contributed by atoms with E-state index in [0.29, 0.717) is 5.92 Å². The Morgan fingerprint density at radius 1 is 1.37 bits per heavy atom. The Labute approximate surface area is 114 Å². The van der Waals surface area contributed by atoms with Crippen molar-refractivity contribution < 1.29 is 5.11 Å². The van der Waals surface area contributed by atoms with Crippen LogP contribution in [0, 0.1) is 5.92 Å². The Kier molecular flexibility index (Phi) is 3.11. The van der Waals surface area contributed by atoms with Crippen LogP contribution in [0.1, 0.15) is 25.8 Å². The molecule has 0 amide bonds. The number of rotatable bonds is 3. The average molecular weight is 258 g/mol. The average Bonchev–Trinajstić information content (AvgIpc) is 2.95. The fourth-order valence-electron chi connectivity index (χ4n) is 3.01. The number of likely N-dealkylation sites (tertiary alicyclic amines) is 1. The van der Waals surface area contributed by atoms with Crippen molar-refractivity contribution in [2.45, 2.75) is 32.4 Å². The van der Waals surface area contributed by atoms with Crippen molar-refractivity contribution in [1.82, 2.24) is 9.88 Å². The van der Waals surface area contributed by atoms with Crippen LogP contribution < -0.4 is 0 Å². The molecule has 1 fully saturated rings. The number of aromatic nitrogens is 1. The molecule has 0 saturated carbocycles. The lowest BCUT2D eigenvalue weighted by atomic mass is 9.90. The number of nitrogens with one attached hydrogen (secondary N) is 1. The zero-order chi connectivity index (χ0) is 13.5. The van der Waals surface area contributed by atoms with Crippen LogP contribution in [-0.4, -0.2) is 33.7 Å². The Balaban J connectivity index is 1.69.